The number of amides is 1. The van der Waals surface area contributed by atoms with Gasteiger partial charge in [-0.05, 0) is 97.2 Å². The SMILES string of the molecule is CCCc1cc(Cl)ccc1C1COc2ccc3cc2N(C1)CC1CCC1C(O)/C=C/C[C@@H](C)[C@H](CC(C)CC)S(=O)(=O)NC3=O. The molecule has 2 aromatic rings. The maximum atomic E-state index is 13.7. The van der Waals surface area contributed by atoms with Gasteiger partial charge in [0.2, 0.25) is 10.0 Å². The molecule has 2 bridgehead atoms. The van der Waals surface area contributed by atoms with Crippen LogP contribution in [0.2, 0.25) is 5.02 Å². The van der Waals surface area contributed by atoms with Gasteiger partial charge in [-0.3, -0.25) is 4.79 Å². The number of hydrogen-bond donors (Lipinski definition) is 2. The molecular formula is C36H49ClN2O5S. The van der Waals surface area contributed by atoms with Gasteiger partial charge in [0, 0.05) is 29.6 Å². The summed E-state index contributed by atoms with van der Waals surface area (Å²) in [6.07, 6.45) is 8.89. The van der Waals surface area contributed by atoms with Crippen molar-refractivity contribution >= 4 is 33.2 Å². The number of hydrogen-bond acceptors (Lipinski definition) is 6. The minimum atomic E-state index is -3.98. The predicted molar refractivity (Wildman–Crippen MR) is 182 cm³/mol. The summed E-state index contributed by atoms with van der Waals surface area (Å²) in [5.74, 6) is 0.461. The van der Waals surface area contributed by atoms with Gasteiger partial charge in [-0.2, -0.15) is 0 Å². The molecule has 2 aliphatic heterocycles. The van der Waals surface area contributed by atoms with E-state index < -0.39 is 27.3 Å². The fourth-order valence-electron chi connectivity index (χ4n) is 7.23. The molecule has 45 heavy (non-hydrogen) atoms. The van der Waals surface area contributed by atoms with Crippen LogP contribution in [0.25, 0.3) is 0 Å². The van der Waals surface area contributed by atoms with Gasteiger partial charge in [0.05, 0.1) is 23.6 Å². The van der Waals surface area contributed by atoms with Crippen molar-refractivity contribution < 1.29 is 23.1 Å². The number of aliphatic hydroxyl groups excluding tert-OH is 1. The minimum absolute atomic E-state index is 0.0608. The topological polar surface area (TPSA) is 95.9 Å². The van der Waals surface area contributed by atoms with Crippen LogP contribution in [-0.2, 0) is 16.4 Å². The van der Waals surface area contributed by atoms with Gasteiger partial charge < -0.3 is 14.7 Å². The number of ether oxygens (including phenoxy) is 1. The van der Waals surface area contributed by atoms with Gasteiger partial charge in [0.25, 0.3) is 5.91 Å². The van der Waals surface area contributed by atoms with Crippen molar-refractivity contribution in [1.29, 1.82) is 0 Å². The molecule has 2 aromatic carbocycles. The molecule has 5 rings (SSSR count). The molecule has 3 aliphatic rings. The highest BCUT2D eigenvalue weighted by Crippen LogP contribution is 2.42. The highest BCUT2D eigenvalue weighted by atomic mass is 35.5. The van der Waals surface area contributed by atoms with Crippen LogP contribution in [0.4, 0.5) is 5.69 Å². The first-order valence-electron chi connectivity index (χ1n) is 16.7. The van der Waals surface area contributed by atoms with E-state index in [2.05, 4.69) is 28.7 Å². The normalized spacial score (nSPS) is 29.7. The fraction of sp³-hybridized carbons (Fsp3) is 0.583. The van der Waals surface area contributed by atoms with Crippen LogP contribution in [0.5, 0.6) is 5.75 Å². The number of allylic oxidation sites excluding steroid dienone is 1. The predicted octanol–water partition coefficient (Wildman–Crippen LogP) is 7.12. The zero-order valence-corrected chi connectivity index (χ0v) is 28.6. The van der Waals surface area contributed by atoms with Crippen molar-refractivity contribution in [3.8, 4) is 5.75 Å². The van der Waals surface area contributed by atoms with Crippen molar-refractivity contribution in [2.45, 2.75) is 89.9 Å². The molecule has 1 fully saturated rings. The molecule has 7 atom stereocenters. The third-order valence-corrected chi connectivity index (χ3v) is 12.5. The molecule has 1 saturated carbocycles. The van der Waals surface area contributed by atoms with Gasteiger partial charge in [-0.15, -0.1) is 0 Å². The van der Waals surface area contributed by atoms with Crippen LogP contribution < -0.4 is 14.4 Å². The summed E-state index contributed by atoms with van der Waals surface area (Å²) in [5, 5.41) is 11.2. The molecule has 1 amide bonds. The van der Waals surface area contributed by atoms with E-state index >= 15 is 0 Å². The van der Waals surface area contributed by atoms with E-state index in [1.54, 1.807) is 18.2 Å². The number of nitrogens with one attached hydrogen (secondary N) is 1. The molecule has 0 spiro atoms. The van der Waals surface area contributed by atoms with Crippen molar-refractivity contribution in [2.24, 2.45) is 23.7 Å². The Kier molecular flexibility index (Phi) is 10.9. The number of aliphatic hydroxyl groups is 1. The Hall–Kier alpha value is -2.55. The molecule has 2 N–H and O–H groups in total. The number of halogens is 1. The van der Waals surface area contributed by atoms with E-state index in [0.717, 1.165) is 42.8 Å². The number of rotatable bonds is 6. The van der Waals surface area contributed by atoms with Crippen LogP contribution in [-0.4, -0.2) is 50.5 Å². The summed E-state index contributed by atoms with van der Waals surface area (Å²) in [7, 11) is -3.98. The van der Waals surface area contributed by atoms with Crippen molar-refractivity contribution in [3.63, 3.8) is 0 Å². The number of carbonyl (C=O) groups excluding carboxylic acids is 1. The summed E-state index contributed by atoms with van der Waals surface area (Å²) < 4.78 is 36.3. The standard InChI is InChI=1S/C36H49ClN2O5S/c1-5-8-25-18-29(37)13-15-30(25)28-21-39-20-27-11-14-31(27)33(40)10-7-9-24(4)35(17-23(3)6-2)45(42,43)38-36(41)26-12-16-34(44-22-28)32(39)19-26/h7,10,12-13,15-16,18-19,23-24,27-28,31,33,35,40H,5-6,8-9,11,14,17,20-22H2,1-4H3,(H,38,41)/b10-7+/t23?,24-,27?,28?,31?,33?,35+/m1/s1. The Morgan fingerprint density at radius 3 is 2.64 bits per heavy atom. The van der Waals surface area contributed by atoms with Crippen LogP contribution in [0.1, 0.15) is 93.6 Å². The monoisotopic (exact) mass is 656 g/mol. The second-order valence-corrected chi connectivity index (χ2v) is 15.9. The number of aryl methyl sites for hydroxylation is 1. The first kappa shape index (κ1) is 33.8. The molecule has 1 aliphatic carbocycles. The fourth-order valence-corrected chi connectivity index (χ4v) is 9.25. The largest absolute Gasteiger partial charge is 0.491 e. The molecule has 0 radical (unpaired) electrons. The van der Waals surface area contributed by atoms with Gasteiger partial charge in [-0.25, -0.2) is 13.1 Å². The maximum absolute atomic E-state index is 13.7. The van der Waals surface area contributed by atoms with Crippen molar-refractivity contribution in [2.75, 3.05) is 24.6 Å². The van der Waals surface area contributed by atoms with Crippen molar-refractivity contribution in [3.05, 3.63) is 70.3 Å². The zero-order valence-electron chi connectivity index (χ0n) is 27.0. The summed E-state index contributed by atoms with van der Waals surface area (Å²) in [6.45, 7) is 10.0. The van der Waals surface area contributed by atoms with Crippen LogP contribution in [0, 0.1) is 23.7 Å². The number of sulfonamides is 1. The van der Waals surface area contributed by atoms with Gasteiger partial charge in [-0.1, -0.05) is 70.4 Å². The number of nitrogens with zero attached hydrogens (tertiary/aromatic N) is 1. The lowest BCUT2D eigenvalue weighted by Gasteiger charge is -2.42. The molecule has 246 valence electrons. The molecule has 0 aromatic heterocycles. The maximum Gasteiger partial charge on any atom is 0.264 e. The molecular weight excluding hydrogens is 608 g/mol. The lowest BCUT2D eigenvalue weighted by molar-refractivity contribution is 0.0461. The molecule has 0 saturated heterocycles. The highest BCUT2D eigenvalue weighted by Gasteiger charge is 2.39. The quantitative estimate of drug-likeness (QED) is 0.322. The second-order valence-electron chi connectivity index (χ2n) is 13.6. The highest BCUT2D eigenvalue weighted by molar-refractivity contribution is 7.90. The zero-order chi connectivity index (χ0) is 32.3. The van der Waals surface area contributed by atoms with E-state index in [1.165, 1.54) is 11.1 Å². The Balaban J connectivity index is 1.54. The summed E-state index contributed by atoms with van der Waals surface area (Å²) >= 11 is 6.40. The molecule has 7 nitrogen and oxygen atoms in total. The molecule has 5 unspecified atom stereocenters. The van der Waals surface area contributed by atoms with E-state index in [9.17, 15) is 18.3 Å². The Labute approximate surface area is 274 Å². The van der Waals surface area contributed by atoms with Crippen LogP contribution >= 0.6 is 11.6 Å². The Morgan fingerprint density at radius 2 is 1.93 bits per heavy atom. The number of benzene rings is 2. The van der Waals surface area contributed by atoms with Crippen LogP contribution in [0.3, 0.4) is 0 Å². The van der Waals surface area contributed by atoms with E-state index in [-0.39, 0.29) is 35.2 Å². The molecule has 9 heteroatoms. The summed E-state index contributed by atoms with van der Waals surface area (Å²) in [4.78, 5) is 15.9. The minimum Gasteiger partial charge on any atom is -0.491 e. The average molecular weight is 657 g/mol. The van der Waals surface area contributed by atoms with Gasteiger partial charge >= 0.3 is 0 Å². The lowest BCUT2D eigenvalue weighted by atomic mass is 9.70. The van der Waals surface area contributed by atoms with Crippen LogP contribution in [0.15, 0.2) is 48.6 Å². The van der Waals surface area contributed by atoms with E-state index in [0.29, 0.717) is 38.3 Å². The first-order chi connectivity index (χ1) is 21.5. The third-order valence-electron chi connectivity index (χ3n) is 10.3. The number of anilines is 1. The Morgan fingerprint density at radius 1 is 1.13 bits per heavy atom. The number of carbonyl (C=O) groups is 1. The van der Waals surface area contributed by atoms with E-state index in [1.807, 2.05) is 39.0 Å². The van der Waals surface area contributed by atoms with Crippen molar-refractivity contribution in [1.82, 2.24) is 4.72 Å². The smallest absolute Gasteiger partial charge is 0.264 e. The number of fused-ring (bicyclic) bond motifs is 2. The second kappa shape index (κ2) is 14.5. The Bertz CT molecular complexity index is 1490. The third kappa shape index (κ3) is 7.71. The molecule has 2 heterocycles. The average Bonchev–Trinajstić information content (AvgIpc) is 3.16. The summed E-state index contributed by atoms with van der Waals surface area (Å²) in [6, 6.07) is 11.3. The summed E-state index contributed by atoms with van der Waals surface area (Å²) in [5.41, 5.74) is 3.49. The lowest BCUT2D eigenvalue weighted by Crippen LogP contribution is -2.44. The van der Waals surface area contributed by atoms with E-state index in [4.69, 9.17) is 16.3 Å². The van der Waals surface area contributed by atoms with Gasteiger partial charge in [0.15, 0.2) is 0 Å². The first-order valence-corrected chi connectivity index (χ1v) is 18.6. The van der Waals surface area contributed by atoms with Gasteiger partial charge in [0.1, 0.15) is 5.75 Å².